The van der Waals surface area contributed by atoms with Crippen molar-refractivity contribution in [3.63, 3.8) is 0 Å². The van der Waals surface area contributed by atoms with Crippen LogP contribution in [0.2, 0.25) is 0 Å². The Hall–Kier alpha value is -3.59. The predicted molar refractivity (Wildman–Crippen MR) is 110 cm³/mol. The van der Waals surface area contributed by atoms with Crippen molar-refractivity contribution < 1.29 is 5.11 Å². The van der Waals surface area contributed by atoms with Crippen LogP contribution in [-0.4, -0.2) is 51.5 Å². The third-order valence-corrected chi connectivity index (χ3v) is 5.79. The lowest BCUT2D eigenvalue weighted by molar-refractivity contribution is 0.347. The van der Waals surface area contributed by atoms with Gasteiger partial charge in [0.15, 0.2) is 0 Å². The van der Waals surface area contributed by atoms with Crippen LogP contribution in [0.15, 0.2) is 49.2 Å². The zero-order chi connectivity index (χ0) is 20.1. The Morgan fingerprint density at radius 3 is 2.80 bits per heavy atom. The molecule has 1 fully saturated rings. The summed E-state index contributed by atoms with van der Waals surface area (Å²) in [5, 5.41) is 22.3. The summed E-state index contributed by atoms with van der Waals surface area (Å²) in [5.74, 6) is 0.605. The van der Waals surface area contributed by atoms with Gasteiger partial charge in [-0.15, -0.1) is 4.80 Å². The molecule has 2 aliphatic heterocycles. The highest BCUT2D eigenvalue weighted by atomic mass is 16.3. The summed E-state index contributed by atoms with van der Waals surface area (Å²) in [5.41, 5.74) is 3.79. The first-order chi connectivity index (χ1) is 14.7. The van der Waals surface area contributed by atoms with Gasteiger partial charge >= 0.3 is 0 Å². The molecular weight excluding hydrogens is 380 g/mol. The van der Waals surface area contributed by atoms with Crippen LogP contribution in [0.1, 0.15) is 31.4 Å². The van der Waals surface area contributed by atoms with E-state index in [4.69, 9.17) is 4.98 Å². The SMILES string of the molecule is Oc1cc(-n2nccn2)cnc1-c1cn2ccc(C3=CC4CCCC(C3)N4)nc2n1. The summed E-state index contributed by atoms with van der Waals surface area (Å²) in [6, 6.07) is 4.60. The number of aromatic hydroxyl groups is 1. The van der Waals surface area contributed by atoms with Crippen LogP contribution in [0.3, 0.4) is 0 Å². The Bertz CT molecular complexity index is 1260. The van der Waals surface area contributed by atoms with E-state index < -0.39 is 0 Å². The van der Waals surface area contributed by atoms with E-state index in [1.807, 2.05) is 22.9 Å². The largest absolute Gasteiger partial charge is 0.506 e. The number of hydrogen-bond donors (Lipinski definition) is 2. The average molecular weight is 400 g/mol. The number of nitrogens with zero attached hydrogens (tertiary/aromatic N) is 7. The maximum absolute atomic E-state index is 10.5. The number of fused-ring (bicyclic) bond motifs is 3. The van der Waals surface area contributed by atoms with Crippen molar-refractivity contribution in [1.29, 1.82) is 0 Å². The van der Waals surface area contributed by atoms with E-state index in [0.29, 0.717) is 34.9 Å². The Morgan fingerprint density at radius 1 is 1.10 bits per heavy atom. The minimum Gasteiger partial charge on any atom is -0.506 e. The highest BCUT2D eigenvalue weighted by molar-refractivity contribution is 5.68. The van der Waals surface area contributed by atoms with Gasteiger partial charge in [-0.1, -0.05) is 12.5 Å². The maximum atomic E-state index is 10.5. The molecule has 0 saturated carbocycles. The predicted octanol–water partition coefficient (Wildman–Crippen LogP) is 2.38. The van der Waals surface area contributed by atoms with E-state index in [1.165, 1.54) is 29.6 Å². The van der Waals surface area contributed by atoms with Gasteiger partial charge in [0.05, 0.1) is 24.3 Å². The quantitative estimate of drug-likeness (QED) is 0.544. The lowest BCUT2D eigenvalue weighted by atomic mass is 9.86. The minimum absolute atomic E-state index is 0.0160. The van der Waals surface area contributed by atoms with Crippen molar-refractivity contribution in [3.8, 4) is 22.8 Å². The number of rotatable bonds is 3. The second kappa shape index (κ2) is 6.74. The number of imidazole rings is 1. The Morgan fingerprint density at radius 2 is 1.97 bits per heavy atom. The lowest BCUT2D eigenvalue weighted by Gasteiger charge is -2.34. The van der Waals surface area contributed by atoms with Gasteiger partial charge in [0, 0.05) is 30.5 Å². The molecule has 0 radical (unpaired) electrons. The highest BCUT2D eigenvalue weighted by Gasteiger charge is 2.26. The minimum atomic E-state index is 0.0160. The third-order valence-electron chi connectivity index (χ3n) is 5.79. The molecule has 0 amide bonds. The fraction of sp³-hybridized carbons (Fsp3) is 0.286. The zero-order valence-electron chi connectivity index (χ0n) is 16.2. The summed E-state index contributed by atoms with van der Waals surface area (Å²) in [6.07, 6.45) is 15.5. The molecule has 30 heavy (non-hydrogen) atoms. The van der Waals surface area contributed by atoms with Gasteiger partial charge in [0.25, 0.3) is 0 Å². The highest BCUT2D eigenvalue weighted by Crippen LogP contribution is 2.31. The summed E-state index contributed by atoms with van der Waals surface area (Å²) in [4.78, 5) is 15.2. The van der Waals surface area contributed by atoms with Gasteiger partial charge < -0.3 is 10.4 Å². The molecule has 2 bridgehead atoms. The second-order valence-corrected chi connectivity index (χ2v) is 7.82. The van der Waals surface area contributed by atoms with Crippen molar-refractivity contribution in [1.82, 2.24) is 39.7 Å². The Kier molecular flexibility index (Phi) is 3.88. The van der Waals surface area contributed by atoms with Crippen LogP contribution in [0.5, 0.6) is 5.75 Å². The van der Waals surface area contributed by atoms with Crippen LogP contribution < -0.4 is 5.32 Å². The lowest BCUT2D eigenvalue weighted by Crippen LogP contribution is -2.44. The van der Waals surface area contributed by atoms with Crippen LogP contribution in [-0.2, 0) is 0 Å². The molecule has 0 spiro atoms. The topological polar surface area (TPSA) is 106 Å². The summed E-state index contributed by atoms with van der Waals surface area (Å²) in [6.45, 7) is 0. The maximum Gasteiger partial charge on any atom is 0.234 e. The average Bonchev–Trinajstić information content (AvgIpc) is 3.43. The van der Waals surface area contributed by atoms with E-state index in [0.717, 1.165) is 12.1 Å². The van der Waals surface area contributed by atoms with Crippen molar-refractivity contribution in [2.24, 2.45) is 0 Å². The molecule has 4 aromatic rings. The second-order valence-electron chi connectivity index (χ2n) is 7.82. The first kappa shape index (κ1) is 17.3. The molecule has 2 atom stereocenters. The van der Waals surface area contributed by atoms with Gasteiger partial charge in [0.1, 0.15) is 22.8 Å². The molecule has 1 saturated heterocycles. The molecule has 6 heterocycles. The smallest absolute Gasteiger partial charge is 0.234 e. The molecule has 2 aliphatic rings. The number of nitrogens with one attached hydrogen (secondary N) is 1. The van der Waals surface area contributed by atoms with Crippen LogP contribution >= 0.6 is 0 Å². The summed E-state index contributed by atoms with van der Waals surface area (Å²) < 4.78 is 1.85. The van der Waals surface area contributed by atoms with Crippen molar-refractivity contribution in [2.45, 2.75) is 37.8 Å². The molecule has 9 heteroatoms. The summed E-state index contributed by atoms with van der Waals surface area (Å²) >= 11 is 0. The molecule has 9 nitrogen and oxygen atoms in total. The van der Waals surface area contributed by atoms with E-state index in [2.05, 4.69) is 31.6 Å². The molecule has 4 aromatic heterocycles. The summed E-state index contributed by atoms with van der Waals surface area (Å²) in [7, 11) is 0. The molecule has 6 rings (SSSR count). The molecular formula is C21H20N8O. The zero-order valence-corrected chi connectivity index (χ0v) is 16.2. The van der Waals surface area contributed by atoms with Gasteiger partial charge in [-0.2, -0.15) is 10.2 Å². The van der Waals surface area contributed by atoms with Crippen LogP contribution in [0.25, 0.3) is 28.4 Å². The normalized spacial score (nSPS) is 21.0. The number of hydrogen-bond acceptors (Lipinski definition) is 7. The monoisotopic (exact) mass is 400 g/mol. The van der Waals surface area contributed by atoms with Gasteiger partial charge in [-0.05, 0) is 30.9 Å². The van der Waals surface area contributed by atoms with E-state index in [-0.39, 0.29) is 5.75 Å². The molecule has 2 N–H and O–H groups in total. The first-order valence-corrected chi connectivity index (χ1v) is 10.1. The van der Waals surface area contributed by atoms with E-state index in [9.17, 15) is 5.11 Å². The van der Waals surface area contributed by atoms with Crippen molar-refractivity contribution in [2.75, 3.05) is 0 Å². The van der Waals surface area contributed by atoms with Crippen molar-refractivity contribution >= 4 is 11.4 Å². The fourth-order valence-corrected chi connectivity index (χ4v) is 4.38. The number of piperidine rings is 1. The van der Waals surface area contributed by atoms with Gasteiger partial charge in [0.2, 0.25) is 5.78 Å². The van der Waals surface area contributed by atoms with Crippen LogP contribution in [0, 0.1) is 0 Å². The molecule has 150 valence electrons. The molecule has 0 aliphatic carbocycles. The molecule has 2 unspecified atom stereocenters. The third kappa shape index (κ3) is 2.94. The number of pyridine rings is 1. The first-order valence-electron chi connectivity index (χ1n) is 10.1. The van der Waals surface area contributed by atoms with Crippen molar-refractivity contribution in [3.05, 3.63) is 54.9 Å². The van der Waals surface area contributed by atoms with E-state index >= 15 is 0 Å². The molecule has 0 aromatic carbocycles. The van der Waals surface area contributed by atoms with Gasteiger partial charge in [-0.3, -0.25) is 4.40 Å². The van der Waals surface area contributed by atoms with Gasteiger partial charge in [-0.25, -0.2) is 15.0 Å². The Balaban J connectivity index is 1.35. The van der Waals surface area contributed by atoms with Crippen LogP contribution in [0.4, 0.5) is 0 Å². The number of aromatic nitrogens is 7. The fourth-order valence-electron chi connectivity index (χ4n) is 4.38. The van der Waals surface area contributed by atoms with E-state index in [1.54, 1.807) is 24.7 Å². The Labute approximate surface area is 172 Å². The standard InChI is InChI=1S/C21H20N8O/c30-19-10-16(29-23-5-6-24-29)11-22-20(19)18-12-28-7-4-17(26-21(28)27-18)13-8-14-2-1-3-15(9-13)25-14/h4-8,10-12,14-15,25,30H,1-3,9H2.